The van der Waals surface area contributed by atoms with Crippen molar-refractivity contribution >= 4 is 17.2 Å². The molecule has 1 atom stereocenters. The average molecular weight is 262 g/mol. The lowest BCUT2D eigenvalue weighted by Crippen LogP contribution is -2.11. The smallest absolute Gasteiger partial charge is 0.169 e. The number of pyridine rings is 1. The lowest BCUT2D eigenvalue weighted by molar-refractivity contribution is 0.242. The molecular formula is C14H18N2OS. The molecule has 0 aliphatic rings. The highest BCUT2D eigenvalue weighted by Crippen LogP contribution is 2.27. The third-order valence-electron chi connectivity index (χ3n) is 2.53. The van der Waals surface area contributed by atoms with Crippen LogP contribution < -0.4 is 10.1 Å². The van der Waals surface area contributed by atoms with Gasteiger partial charge in [-0.1, -0.05) is 0 Å². The molecule has 0 saturated carbocycles. The molecule has 0 amide bonds. The maximum atomic E-state index is 5.74. The molecule has 2 heterocycles. The van der Waals surface area contributed by atoms with E-state index in [1.54, 1.807) is 17.5 Å². The summed E-state index contributed by atoms with van der Waals surface area (Å²) in [6.45, 7) is 6.15. The number of aromatic nitrogens is 1. The van der Waals surface area contributed by atoms with Gasteiger partial charge in [0.2, 0.25) is 0 Å². The SMILES string of the molecule is CC(C)Oc1cccnc1NC(C)c1ccsc1. The summed E-state index contributed by atoms with van der Waals surface area (Å²) in [4.78, 5) is 4.35. The van der Waals surface area contributed by atoms with Crippen LogP contribution in [0.1, 0.15) is 32.4 Å². The summed E-state index contributed by atoms with van der Waals surface area (Å²) in [5.41, 5.74) is 1.26. The van der Waals surface area contributed by atoms with E-state index in [4.69, 9.17) is 4.74 Å². The highest BCUT2D eigenvalue weighted by atomic mass is 32.1. The Morgan fingerprint density at radius 1 is 1.28 bits per heavy atom. The van der Waals surface area contributed by atoms with Crippen LogP contribution in [0.5, 0.6) is 5.75 Å². The summed E-state index contributed by atoms with van der Waals surface area (Å²) in [7, 11) is 0. The molecule has 4 heteroatoms. The zero-order chi connectivity index (χ0) is 13.0. The summed E-state index contributed by atoms with van der Waals surface area (Å²) >= 11 is 1.70. The van der Waals surface area contributed by atoms with Crippen molar-refractivity contribution in [1.82, 2.24) is 4.98 Å². The molecule has 96 valence electrons. The van der Waals surface area contributed by atoms with Gasteiger partial charge in [-0.25, -0.2) is 4.98 Å². The van der Waals surface area contributed by atoms with E-state index in [0.717, 1.165) is 11.6 Å². The summed E-state index contributed by atoms with van der Waals surface area (Å²) in [5, 5.41) is 7.61. The number of hydrogen-bond donors (Lipinski definition) is 1. The van der Waals surface area contributed by atoms with Crippen molar-refractivity contribution in [2.45, 2.75) is 32.9 Å². The van der Waals surface area contributed by atoms with E-state index >= 15 is 0 Å². The fourth-order valence-corrected chi connectivity index (χ4v) is 2.41. The third-order valence-corrected chi connectivity index (χ3v) is 3.23. The number of rotatable bonds is 5. The molecule has 0 bridgehead atoms. The van der Waals surface area contributed by atoms with Gasteiger partial charge in [-0.3, -0.25) is 0 Å². The zero-order valence-electron chi connectivity index (χ0n) is 10.9. The fraction of sp³-hybridized carbons (Fsp3) is 0.357. The molecule has 0 saturated heterocycles. The molecule has 0 aliphatic heterocycles. The van der Waals surface area contributed by atoms with Crippen molar-refractivity contribution in [2.75, 3.05) is 5.32 Å². The highest BCUT2D eigenvalue weighted by Gasteiger charge is 2.11. The third kappa shape index (κ3) is 3.23. The first-order chi connectivity index (χ1) is 8.66. The highest BCUT2D eigenvalue weighted by molar-refractivity contribution is 7.07. The van der Waals surface area contributed by atoms with Gasteiger partial charge >= 0.3 is 0 Å². The molecule has 2 aromatic rings. The van der Waals surface area contributed by atoms with E-state index in [2.05, 4.69) is 34.1 Å². The van der Waals surface area contributed by atoms with Crippen LogP contribution in [0.4, 0.5) is 5.82 Å². The summed E-state index contributed by atoms with van der Waals surface area (Å²) in [6, 6.07) is 6.17. The summed E-state index contributed by atoms with van der Waals surface area (Å²) in [5.74, 6) is 1.60. The largest absolute Gasteiger partial charge is 0.487 e. The standard InChI is InChI=1S/C14H18N2OS/c1-10(2)17-13-5-4-7-15-14(13)16-11(3)12-6-8-18-9-12/h4-11H,1-3H3,(H,15,16). The Morgan fingerprint density at radius 3 is 2.78 bits per heavy atom. The van der Waals surface area contributed by atoms with Crippen molar-refractivity contribution < 1.29 is 4.74 Å². The number of hydrogen-bond acceptors (Lipinski definition) is 4. The van der Waals surface area contributed by atoms with Crippen LogP contribution in [0.25, 0.3) is 0 Å². The first-order valence-electron chi connectivity index (χ1n) is 6.07. The van der Waals surface area contributed by atoms with E-state index in [1.165, 1.54) is 5.56 Å². The van der Waals surface area contributed by atoms with Crippen molar-refractivity contribution in [3.05, 3.63) is 40.7 Å². The Morgan fingerprint density at radius 2 is 2.11 bits per heavy atom. The van der Waals surface area contributed by atoms with Gasteiger partial charge in [0, 0.05) is 6.20 Å². The van der Waals surface area contributed by atoms with E-state index in [1.807, 2.05) is 26.0 Å². The minimum absolute atomic E-state index is 0.145. The van der Waals surface area contributed by atoms with Crippen LogP contribution >= 0.6 is 11.3 Å². The molecule has 0 aliphatic carbocycles. The normalized spacial score (nSPS) is 12.4. The molecule has 3 nitrogen and oxygen atoms in total. The molecular weight excluding hydrogens is 244 g/mol. The fourth-order valence-electron chi connectivity index (χ4n) is 1.66. The Balaban J connectivity index is 2.13. The first kappa shape index (κ1) is 12.9. The van der Waals surface area contributed by atoms with E-state index in [-0.39, 0.29) is 12.1 Å². The van der Waals surface area contributed by atoms with Gasteiger partial charge in [0.05, 0.1) is 12.1 Å². The molecule has 0 aromatic carbocycles. The van der Waals surface area contributed by atoms with Gasteiger partial charge < -0.3 is 10.1 Å². The van der Waals surface area contributed by atoms with Gasteiger partial charge in [0.1, 0.15) is 0 Å². The Kier molecular flexibility index (Phi) is 4.20. The lowest BCUT2D eigenvalue weighted by atomic mass is 10.2. The van der Waals surface area contributed by atoms with Crippen LogP contribution in [-0.4, -0.2) is 11.1 Å². The average Bonchev–Trinajstić information content (AvgIpc) is 2.84. The Hall–Kier alpha value is -1.55. The van der Waals surface area contributed by atoms with Gasteiger partial charge in [-0.15, -0.1) is 0 Å². The maximum absolute atomic E-state index is 5.74. The molecule has 2 rings (SSSR count). The summed E-state index contributed by atoms with van der Waals surface area (Å²) in [6.07, 6.45) is 1.92. The van der Waals surface area contributed by atoms with E-state index in [0.29, 0.717) is 0 Å². The van der Waals surface area contributed by atoms with Crippen molar-refractivity contribution in [1.29, 1.82) is 0 Å². The number of ether oxygens (including phenoxy) is 1. The predicted molar refractivity (Wildman–Crippen MR) is 76.4 cm³/mol. The summed E-state index contributed by atoms with van der Waals surface area (Å²) < 4.78 is 5.74. The van der Waals surface area contributed by atoms with Crippen molar-refractivity contribution in [2.24, 2.45) is 0 Å². The quantitative estimate of drug-likeness (QED) is 0.880. The van der Waals surface area contributed by atoms with Gasteiger partial charge in [0.15, 0.2) is 11.6 Å². The minimum atomic E-state index is 0.145. The molecule has 1 N–H and O–H groups in total. The number of anilines is 1. The number of thiophene rings is 1. The second-order valence-electron chi connectivity index (χ2n) is 4.44. The molecule has 0 radical (unpaired) electrons. The molecule has 1 unspecified atom stereocenters. The van der Waals surface area contributed by atoms with Crippen LogP contribution in [0.2, 0.25) is 0 Å². The van der Waals surface area contributed by atoms with Crippen molar-refractivity contribution in [3.8, 4) is 5.75 Å². The Labute approximate surface area is 112 Å². The van der Waals surface area contributed by atoms with Gasteiger partial charge in [-0.05, 0) is 55.3 Å². The van der Waals surface area contributed by atoms with E-state index < -0.39 is 0 Å². The Bertz CT molecular complexity index is 482. The first-order valence-corrected chi connectivity index (χ1v) is 7.01. The van der Waals surface area contributed by atoms with Crippen LogP contribution in [0.3, 0.4) is 0 Å². The molecule has 0 fully saturated rings. The van der Waals surface area contributed by atoms with Gasteiger partial charge in [0.25, 0.3) is 0 Å². The zero-order valence-corrected chi connectivity index (χ0v) is 11.7. The van der Waals surface area contributed by atoms with Crippen LogP contribution in [-0.2, 0) is 0 Å². The predicted octanol–water partition coefficient (Wildman–Crippen LogP) is 4.10. The molecule has 0 spiro atoms. The van der Waals surface area contributed by atoms with Crippen LogP contribution in [0, 0.1) is 0 Å². The molecule has 18 heavy (non-hydrogen) atoms. The topological polar surface area (TPSA) is 34.1 Å². The van der Waals surface area contributed by atoms with Gasteiger partial charge in [-0.2, -0.15) is 11.3 Å². The van der Waals surface area contributed by atoms with Crippen LogP contribution in [0.15, 0.2) is 35.2 Å². The number of nitrogens with zero attached hydrogens (tertiary/aromatic N) is 1. The van der Waals surface area contributed by atoms with E-state index in [9.17, 15) is 0 Å². The second kappa shape index (κ2) is 5.87. The monoisotopic (exact) mass is 262 g/mol. The number of nitrogens with one attached hydrogen (secondary N) is 1. The second-order valence-corrected chi connectivity index (χ2v) is 5.22. The lowest BCUT2D eigenvalue weighted by Gasteiger charge is -2.18. The minimum Gasteiger partial charge on any atom is -0.487 e. The van der Waals surface area contributed by atoms with Crippen molar-refractivity contribution in [3.63, 3.8) is 0 Å². The maximum Gasteiger partial charge on any atom is 0.169 e. The molecule has 2 aromatic heterocycles.